The number of aryl methyl sites for hydroxylation is 3. The molecule has 1 heterocycles. The number of hydrogen-bond donors (Lipinski definition) is 1. The highest BCUT2D eigenvalue weighted by Gasteiger charge is 2.14. The van der Waals surface area contributed by atoms with Crippen molar-refractivity contribution in [2.75, 3.05) is 33.7 Å². The molecule has 0 radical (unpaired) electrons. The maximum absolute atomic E-state index is 12.7. The van der Waals surface area contributed by atoms with Crippen molar-refractivity contribution >= 4 is 6.03 Å². The molecule has 26 heavy (non-hydrogen) atoms. The average Bonchev–Trinajstić information content (AvgIpc) is 2.94. The Morgan fingerprint density at radius 2 is 1.81 bits per heavy atom. The number of benzene rings is 1. The van der Waals surface area contributed by atoms with Crippen molar-refractivity contribution in [3.8, 4) is 0 Å². The molecule has 2 rings (SSSR count). The minimum Gasteiger partial charge on any atom is -0.466 e. The van der Waals surface area contributed by atoms with Gasteiger partial charge in [0, 0.05) is 31.7 Å². The van der Waals surface area contributed by atoms with Crippen LogP contribution in [0.15, 0.2) is 40.8 Å². The molecule has 2 aromatic rings. The number of nitrogens with one attached hydrogen (secondary N) is 1. The van der Waals surface area contributed by atoms with Gasteiger partial charge in [-0.2, -0.15) is 0 Å². The molecular weight excluding hydrogens is 326 g/mol. The van der Waals surface area contributed by atoms with E-state index in [1.165, 1.54) is 5.56 Å². The summed E-state index contributed by atoms with van der Waals surface area (Å²) >= 11 is 0. The Morgan fingerprint density at radius 1 is 1.08 bits per heavy atom. The van der Waals surface area contributed by atoms with E-state index in [9.17, 15) is 4.79 Å². The molecule has 1 aromatic carbocycles. The van der Waals surface area contributed by atoms with E-state index in [4.69, 9.17) is 4.42 Å². The SMILES string of the molecule is Cc1cc(CNC(=O)N(CCCc2ccccc2)CCN(C)C)c(C)o1. The number of carbonyl (C=O) groups is 1. The molecule has 0 aliphatic carbocycles. The van der Waals surface area contributed by atoms with E-state index in [-0.39, 0.29) is 6.03 Å². The van der Waals surface area contributed by atoms with Crippen molar-refractivity contribution < 1.29 is 9.21 Å². The van der Waals surface area contributed by atoms with E-state index in [0.29, 0.717) is 6.54 Å². The second-order valence-corrected chi connectivity index (χ2v) is 6.98. The van der Waals surface area contributed by atoms with Gasteiger partial charge in [-0.05, 0) is 52.4 Å². The molecule has 0 bridgehead atoms. The summed E-state index contributed by atoms with van der Waals surface area (Å²) in [5, 5.41) is 3.03. The Labute approximate surface area is 157 Å². The van der Waals surface area contributed by atoms with Gasteiger partial charge in [-0.3, -0.25) is 0 Å². The van der Waals surface area contributed by atoms with Crippen LogP contribution >= 0.6 is 0 Å². The third-order valence-electron chi connectivity index (χ3n) is 4.41. The maximum Gasteiger partial charge on any atom is 0.317 e. The van der Waals surface area contributed by atoms with Crippen LogP contribution in [0.5, 0.6) is 0 Å². The van der Waals surface area contributed by atoms with Gasteiger partial charge in [0.05, 0.1) is 0 Å². The van der Waals surface area contributed by atoms with Crippen molar-refractivity contribution in [1.29, 1.82) is 0 Å². The topological polar surface area (TPSA) is 48.7 Å². The molecule has 1 N–H and O–H groups in total. The molecule has 0 aliphatic rings. The van der Waals surface area contributed by atoms with E-state index < -0.39 is 0 Å². The molecule has 0 spiro atoms. The molecule has 0 unspecified atom stereocenters. The summed E-state index contributed by atoms with van der Waals surface area (Å²) in [6, 6.07) is 12.4. The lowest BCUT2D eigenvalue weighted by molar-refractivity contribution is 0.190. The van der Waals surface area contributed by atoms with E-state index in [0.717, 1.165) is 49.6 Å². The second kappa shape index (κ2) is 10.0. The van der Waals surface area contributed by atoms with Gasteiger partial charge >= 0.3 is 6.03 Å². The zero-order chi connectivity index (χ0) is 18.9. The predicted octanol–water partition coefficient (Wildman–Crippen LogP) is 3.60. The third kappa shape index (κ3) is 6.56. The Kier molecular flexibility index (Phi) is 7.73. The third-order valence-corrected chi connectivity index (χ3v) is 4.41. The fourth-order valence-electron chi connectivity index (χ4n) is 2.90. The summed E-state index contributed by atoms with van der Waals surface area (Å²) in [5.74, 6) is 1.74. The molecule has 1 aromatic heterocycles. The van der Waals surface area contributed by atoms with Crippen LogP contribution in [0.3, 0.4) is 0 Å². The number of likely N-dealkylation sites (N-methyl/N-ethyl adjacent to an activating group) is 1. The van der Waals surface area contributed by atoms with Crippen LogP contribution in [0.25, 0.3) is 0 Å². The minimum atomic E-state index is -0.0156. The number of rotatable bonds is 9. The summed E-state index contributed by atoms with van der Waals surface area (Å²) in [6.45, 7) is 6.67. The quantitative estimate of drug-likeness (QED) is 0.746. The predicted molar refractivity (Wildman–Crippen MR) is 105 cm³/mol. The normalized spacial score (nSPS) is 11.0. The lowest BCUT2D eigenvalue weighted by atomic mass is 10.1. The van der Waals surface area contributed by atoms with Gasteiger partial charge in [0.25, 0.3) is 0 Å². The van der Waals surface area contributed by atoms with Crippen LogP contribution in [-0.4, -0.2) is 49.6 Å². The first-order chi connectivity index (χ1) is 12.5. The Bertz CT molecular complexity index is 680. The van der Waals surface area contributed by atoms with Crippen LogP contribution in [0, 0.1) is 13.8 Å². The second-order valence-electron chi connectivity index (χ2n) is 6.98. The van der Waals surface area contributed by atoms with Gasteiger partial charge < -0.3 is 19.5 Å². The van der Waals surface area contributed by atoms with E-state index in [2.05, 4.69) is 34.5 Å². The van der Waals surface area contributed by atoms with Gasteiger partial charge in [0.1, 0.15) is 11.5 Å². The van der Waals surface area contributed by atoms with Crippen LogP contribution in [-0.2, 0) is 13.0 Å². The molecule has 142 valence electrons. The van der Waals surface area contributed by atoms with E-state index in [1.807, 2.05) is 45.0 Å². The summed E-state index contributed by atoms with van der Waals surface area (Å²) in [7, 11) is 4.05. The largest absolute Gasteiger partial charge is 0.466 e. The van der Waals surface area contributed by atoms with Gasteiger partial charge in [-0.25, -0.2) is 4.79 Å². The smallest absolute Gasteiger partial charge is 0.317 e. The summed E-state index contributed by atoms with van der Waals surface area (Å²) < 4.78 is 5.53. The standard InChI is InChI=1S/C21H31N3O2/c1-17-15-20(18(2)26-17)16-22-21(25)24(14-13-23(3)4)12-8-11-19-9-6-5-7-10-19/h5-7,9-10,15H,8,11-14,16H2,1-4H3,(H,22,25). The fraction of sp³-hybridized carbons (Fsp3) is 0.476. The molecule has 0 aliphatic heterocycles. The van der Waals surface area contributed by atoms with Crippen molar-refractivity contribution in [3.63, 3.8) is 0 Å². The summed E-state index contributed by atoms with van der Waals surface area (Å²) in [5.41, 5.74) is 2.35. The van der Waals surface area contributed by atoms with Crippen molar-refractivity contribution in [2.45, 2.75) is 33.2 Å². The van der Waals surface area contributed by atoms with Crippen molar-refractivity contribution in [2.24, 2.45) is 0 Å². The minimum absolute atomic E-state index is 0.0156. The molecule has 2 amide bonds. The number of urea groups is 1. The molecular formula is C21H31N3O2. The molecule has 0 saturated carbocycles. The average molecular weight is 357 g/mol. The van der Waals surface area contributed by atoms with Crippen molar-refractivity contribution in [3.05, 3.63) is 59.0 Å². The molecule has 5 heteroatoms. The van der Waals surface area contributed by atoms with Crippen LogP contribution in [0.2, 0.25) is 0 Å². The molecule has 0 saturated heterocycles. The van der Waals surface area contributed by atoms with Gasteiger partial charge in [-0.15, -0.1) is 0 Å². The maximum atomic E-state index is 12.7. The van der Waals surface area contributed by atoms with E-state index in [1.54, 1.807) is 0 Å². The first-order valence-corrected chi connectivity index (χ1v) is 9.23. The number of hydrogen-bond acceptors (Lipinski definition) is 3. The van der Waals surface area contributed by atoms with Gasteiger partial charge in [0.2, 0.25) is 0 Å². The first-order valence-electron chi connectivity index (χ1n) is 9.23. The highest BCUT2D eigenvalue weighted by Crippen LogP contribution is 2.13. The van der Waals surface area contributed by atoms with Gasteiger partial charge in [0.15, 0.2) is 0 Å². The van der Waals surface area contributed by atoms with Crippen LogP contribution in [0.4, 0.5) is 4.79 Å². The summed E-state index contributed by atoms with van der Waals surface area (Å²) in [4.78, 5) is 16.7. The highest BCUT2D eigenvalue weighted by molar-refractivity contribution is 5.74. The zero-order valence-corrected chi connectivity index (χ0v) is 16.4. The summed E-state index contributed by atoms with van der Waals surface area (Å²) in [6.07, 6.45) is 1.93. The molecule has 5 nitrogen and oxygen atoms in total. The Balaban J connectivity index is 1.87. The van der Waals surface area contributed by atoms with Crippen LogP contribution in [0.1, 0.15) is 29.1 Å². The van der Waals surface area contributed by atoms with E-state index >= 15 is 0 Å². The number of furan rings is 1. The first kappa shape index (κ1) is 20.0. The number of carbonyl (C=O) groups excluding carboxylic acids is 1. The Morgan fingerprint density at radius 3 is 2.42 bits per heavy atom. The monoisotopic (exact) mass is 357 g/mol. The number of nitrogens with zero attached hydrogens (tertiary/aromatic N) is 2. The lowest BCUT2D eigenvalue weighted by Crippen LogP contribution is -2.43. The zero-order valence-electron chi connectivity index (χ0n) is 16.4. The molecule has 0 atom stereocenters. The molecule has 0 fully saturated rings. The fourth-order valence-corrected chi connectivity index (χ4v) is 2.90. The number of amides is 2. The lowest BCUT2D eigenvalue weighted by Gasteiger charge is -2.24. The van der Waals surface area contributed by atoms with Crippen molar-refractivity contribution in [1.82, 2.24) is 15.1 Å². The van der Waals surface area contributed by atoms with Crippen LogP contribution < -0.4 is 5.32 Å². The Hall–Kier alpha value is -2.27. The van der Waals surface area contributed by atoms with Gasteiger partial charge in [-0.1, -0.05) is 30.3 Å². The highest BCUT2D eigenvalue weighted by atomic mass is 16.3.